The van der Waals surface area contributed by atoms with E-state index >= 15 is 0 Å². The number of nitrogens with one attached hydrogen (secondary N) is 1. The number of nitrogens with two attached hydrogens (primary N) is 1. The van der Waals surface area contributed by atoms with Crippen LogP contribution in [-0.4, -0.2) is 31.7 Å². The molecule has 3 rings (SSSR count). The Hall–Kier alpha value is -1.59. The molecule has 0 radical (unpaired) electrons. The Labute approximate surface area is 106 Å². The fourth-order valence-electron chi connectivity index (χ4n) is 2.53. The summed E-state index contributed by atoms with van der Waals surface area (Å²) in [6, 6.07) is 5.43. The van der Waals surface area contributed by atoms with Crippen molar-refractivity contribution in [1.82, 2.24) is 0 Å². The van der Waals surface area contributed by atoms with E-state index in [1.54, 1.807) is 0 Å². The number of nitrogens with zero attached hydrogens (tertiary/aromatic N) is 1. The van der Waals surface area contributed by atoms with Crippen molar-refractivity contribution >= 4 is 17.3 Å². The van der Waals surface area contributed by atoms with Crippen LogP contribution in [0.3, 0.4) is 0 Å². The molecule has 0 saturated carbocycles. The maximum atomic E-state index is 11.5. The highest BCUT2D eigenvalue weighted by atomic mass is 16.5. The number of fused-ring (bicyclic) bond motifs is 1. The van der Waals surface area contributed by atoms with Crippen molar-refractivity contribution in [2.24, 2.45) is 5.73 Å². The molecule has 0 bridgehead atoms. The van der Waals surface area contributed by atoms with Crippen molar-refractivity contribution in [2.45, 2.75) is 19.1 Å². The molecule has 2 aliphatic rings. The second-order valence-electron chi connectivity index (χ2n) is 4.87. The van der Waals surface area contributed by atoms with Gasteiger partial charge in [0.2, 0.25) is 5.91 Å². The smallest absolute Gasteiger partial charge is 0.245 e. The Balaban J connectivity index is 1.87. The average Bonchev–Trinajstić information content (AvgIpc) is 2.65. The number of hydrogen-bond donors (Lipinski definition) is 2. The second kappa shape index (κ2) is 4.26. The molecular formula is C13H17N3O2. The van der Waals surface area contributed by atoms with Gasteiger partial charge in [0.1, 0.15) is 6.04 Å². The molecular weight excluding hydrogens is 230 g/mol. The van der Waals surface area contributed by atoms with Crippen molar-refractivity contribution in [1.29, 1.82) is 0 Å². The zero-order valence-electron chi connectivity index (χ0n) is 10.3. The Bertz CT molecular complexity index is 489. The lowest BCUT2D eigenvalue weighted by Crippen LogP contribution is -2.41. The van der Waals surface area contributed by atoms with Crippen LogP contribution in [0.15, 0.2) is 18.2 Å². The van der Waals surface area contributed by atoms with Crippen LogP contribution >= 0.6 is 0 Å². The summed E-state index contributed by atoms with van der Waals surface area (Å²) in [7, 11) is 0. The largest absolute Gasteiger partial charge is 0.375 e. The highest BCUT2D eigenvalue weighted by Crippen LogP contribution is 2.33. The van der Waals surface area contributed by atoms with Crippen molar-refractivity contribution in [2.75, 3.05) is 29.9 Å². The number of carbonyl (C=O) groups excluding carboxylic acids is 1. The summed E-state index contributed by atoms with van der Waals surface area (Å²) in [6.07, 6.45) is 0.240. The molecule has 5 nitrogen and oxygen atoms in total. The van der Waals surface area contributed by atoms with Crippen LogP contribution in [0.5, 0.6) is 0 Å². The van der Waals surface area contributed by atoms with Crippen LogP contribution in [0.25, 0.3) is 0 Å². The molecule has 2 aliphatic heterocycles. The van der Waals surface area contributed by atoms with Crippen molar-refractivity contribution < 1.29 is 9.53 Å². The lowest BCUT2D eigenvalue weighted by atomic mass is 10.1. The quantitative estimate of drug-likeness (QED) is 0.772. The Kier molecular flexibility index (Phi) is 2.72. The summed E-state index contributed by atoms with van der Waals surface area (Å²) in [4.78, 5) is 13.8. The fraction of sp³-hybridized carbons (Fsp3) is 0.462. The van der Waals surface area contributed by atoms with Gasteiger partial charge in [-0.05, 0) is 19.1 Å². The number of amides is 1. The summed E-state index contributed by atoms with van der Waals surface area (Å²) in [5, 5.41) is 2.82. The molecule has 1 saturated heterocycles. The van der Waals surface area contributed by atoms with Crippen molar-refractivity contribution in [3.63, 3.8) is 0 Å². The van der Waals surface area contributed by atoms with E-state index in [2.05, 4.69) is 17.1 Å². The van der Waals surface area contributed by atoms with E-state index in [1.165, 1.54) is 0 Å². The minimum atomic E-state index is -0.530. The normalized spacial score (nSPS) is 27.0. The molecule has 0 spiro atoms. The molecule has 0 aliphatic carbocycles. The van der Waals surface area contributed by atoms with E-state index in [9.17, 15) is 4.79 Å². The van der Waals surface area contributed by atoms with Gasteiger partial charge in [-0.1, -0.05) is 6.07 Å². The predicted molar refractivity (Wildman–Crippen MR) is 69.6 cm³/mol. The zero-order valence-corrected chi connectivity index (χ0v) is 10.3. The van der Waals surface area contributed by atoms with Gasteiger partial charge in [-0.2, -0.15) is 0 Å². The first kappa shape index (κ1) is 11.5. The number of carbonyl (C=O) groups is 1. The topological polar surface area (TPSA) is 67.6 Å². The predicted octanol–water partition coefficient (Wildman–Crippen LogP) is 0.864. The summed E-state index contributed by atoms with van der Waals surface area (Å²) in [6.45, 7) is 4.56. The number of hydrogen-bond acceptors (Lipinski definition) is 4. The lowest BCUT2D eigenvalue weighted by molar-refractivity contribution is -0.116. The molecule has 2 atom stereocenters. The number of anilines is 2. The third-order valence-corrected chi connectivity index (χ3v) is 3.52. The van der Waals surface area contributed by atoms with E-state index in [4.69, 9.17) is 10.5 Å². The first-order valence-electron chi connectivity index (χ1n) is 6.22. The number of rotatable bonds is 1. The van der Waals surface area contributed by atoms with Crippen LogP contribution in [-0.2, 0) is 9.53 Å². The molecule has 2 heterocycles. The highest BCUT2D eigenvalue weighted by Gasteiger charge is 2.28. The summed E-state index contributed by atoms with van der Waals surface area (Å²) in [5.41, 5.74) is 8.62. The van der Waals surface area contributed by atoms with Gasteiger partial charge in [-0.3, -0.25) is 4.79 Å². The molecule has 1 fully saturated rings. The second-order valence-corrected chi connectivity index (χ2v) is 4.87. The van der Waals surface area contributed by atoms with E-state index in [-0.39, 0.29) is 12.0 Å². The SMILES string of the molecule is CC1CN(c2ccc3c(c2)NC(=O)C3N)CCO1. The first-order valence-corrected chi connectivity index (χ1v) is 6.22. The van der Waals surface area contributed by atoms with Gasteiger partial charge in [0.25, 0.3) is 0 Å². The maximum Gasteiger partial charge on any atom is 0.245 e. The average molecular weight is 247 g/mol. The standard InChI is InChI=1S/C13H17N3O2/c1-8-7-16(4-5-18-8)9-2-3-10-11(6-9)15-13(17)12(10)14/h2-3,6,8,12H,4-5,7,14H2,1H3,(H,15,17). The van der Waals surface area contributed by atoms with Gasteiger partial charge >= 0.3 is 0 Å². The third kappa shape index (κ3) is 1.85. The highest BCUT2D eigenvalue weighted by molar-refractivity contribution is 6.02. The number of ether oxygens (including phenoxy) is 1. The van der Waals surface area contributed by atoms with Crippen LogP contribution in [0.4, 0.5) is 11.4 Å². The van der Waals surface area contributed by atoms with Crippen LogP contribution in [0.2, 0.25) is 0 Å². The molecule has 2 unspecified atom stereocenters. The molecule has 5 heteroatoms. The van der Waals surface area contributed by atoms with Gasteiger partial charge in [-0.15, -0.1) is 0 Å². The monoisotopic (exact) mass is 247 g/mol. The van der Waals surface area contributed by atoms with E-state index in [0.717, 1.165) is 36.6 Å². The summed E-state index contributed by atoms with van der Waals surface area (Å²) in [5.74, 6) is -0.127. The van der Waals surface area contributed by atoms with Gasteiger partial charge in [0, 0.05) is 30.0 Å². The Morgan fingerprint density at radius 2 is 2.33 bits per heavy atom. The van der Waals surface area contributed by atoms with E-state index < -0.39 is 6.04 Å². The first-order chi connectivity index (χ1) is 8.65. The fourth-order valence-corrected chi connectivity index (χ4v) is 2.53. The number of morpholine rings is 1. The summed E-state index contributed by atoms with van der Waals surface area (Å²) >= 11 is 0. The van der Waals surface area contributed by atoms with Crippen LogP contribution < -0.4 is 16.0 Å². The Morgan fingerprint density at radius 3 is 3.11 bits per heavy atom. The molecule has 3 N–H and O–H groups in total. The molecule has 18 heavy (non-hydrogen) atoms. The minimum Gasteiger partial charge on any atom is -0.375 e. The van der Waals surface area contributed by atoms with Crippen molar-refractivity contribution in [3.8, 4) is 0 Å². The maximum absolute atomic E-state index is 11.5. The summed E-state index contributed by atoms with van der Waals surface area (Å²) < 4.78 is 5.52. The van der Waals surface area contributed by atoms with Gasteiger partial charge in [0.15, 0.2) is 0 Å². The molecule has 1 amide bonds. The van der Waals surface area contributed by atoms with Crippen LogP contribution in [0.1, 0.15) is 18.5 Å². The molecule has 0 aromatic heterocycles. The third-order valence-electron chi connectivity index (χ3n) is 3.52. The number of benzene rings is 1. The van der Waals surface area contributed by atoms with Gasteiger partial charge < -0.3 is 20.7 Å². The molecule has 96 valence electrons. The minimum absolute atomic E-state index is 0.127. The Morgan fingerprint density at radius 1 is 1.50 bits per heavy atom. The zero-order chi connectivity index (χ0) is 12.7. The van der Waals surface area contributed by atoms with E-state index in [0.29, 0.717) is 0 Å². The molecule has 1 aromatic rings. The van der Waals surface area contributed by atoms with Gasteiger partial charge in [0.05, 0.1) is 12.7 Å². The van der Waals surface area contributed by atoms with E-state index in [1.807, 2.05) is 18.2 Å². The van der Waals surface area contributed by atoms with Gasteiger partial charge in [-0.25, -0.2) is 0 Å². The van der Waals surface area contributed by atoms with Crippen molar-refractivity contribution in [3.05, 3.63) is 23.8 Å². The molecule has 1 aromatic carbocycles. The lowest BCUT2D eigenvalue weighted by Gasteiger charge is -2.33. The van der Waals surface area contributed by atoms with Crippen LogP contribution in [0, 0.1) is 0 Å².